The number of aromatic nitrogens is 2. The van der Waals surface area contributed by atoms with Gasteiger partial charge in [0, 0.05) is 43.8 Å². The van der Waals surface area contributed by atoms with Crippen LogP contribution in [0, 0.1) is 0 Å². The summed E-state index contributed by atoms with van der Waals surface area (Å²) in [6.45, 7) is 0.378. The largest absolute Gasteiger partial charge is 0.488 e. The van der Waals surface area contributed by atoms with Crippen LogP contribution in [-0.4, -0.2) is 21.5 Å². The van der Waals surface area contributed by atoms with E-state index in [1.807, 2.05) is 97.1 Å². The van der Waals surface area contributed by atoms with E-state index in [1.54, 1.807) is 36.4 Å². The van der Waals surface area contributed by atoms with Crippen molar-refractivity contribution < 1.29 is 19.1 Å². The predicted molar refractivity (Wildman–Crippen MR) is 187 cm³/mol. The van der Waals surface area contributed by atoms with E-state index in [0.29, 0.717) is 22.6 Å². The van der Waals surface area contributed by atoms with Crippen LogP contribution in [0.15, 0.2) is 133 Å². The second kappa shape index (κ2) is 11.1. The zero-order valence-corrected chi connectivity index (χ0v) is 25.6. The molecule has 228 valence electrons. The van der Waals surface area contributed by atoms with Crippen LogP contribution >= 0.6 is 0 Å². The number of para-hydroxylation sites is 4. The third kappa shape index (κ3) is 4.42. The molecule has 0 aliphatic heterocycles. The smallest absolute Gasteiger partial charge is 0.201 e. The number of benzene rings is 6. The van der Waals surface area contributed by atoms with Crippen LogP contribution in [0.1, 0.15) is 43.0 Å². The van der Waals surface area contributed by atoms with Crippen molar-refractivity contribution in [1.82, 2.24) is 9.97 Å². The lowest BCUT2D eigenvalue weighted by atomic mass is 9.83. The van der Waals surface area contributed by atoms with Crippen LogP contribution in [0.4, 0.5) is 0 Å². The maximum Gasteiger partial charge on any atom is 0.201 e. The summed E-state index contributed by atoms with van der Waals surface area (Å²) in [6, 6.07) is 42.2. The van der Waals surface area contributed by atoms with Crippen molar-refractivity contribution in [2.75, 3.05) is 0 Å². The minimum Gasteiger partial charge on any atom is -0.488 e. The van der Waals surface area contributed by atoms with Gasteiger partial charge in [-0.3, -0.25) is 9.59 Å². The Kier molecular flexibility index (Phi) is 6.47. The average Bonchev–Trinajstić information content (AvgIpc) is 3.13. The summed E-state index contributed by atoms with van der Waals surface area (Å²) in [5, 5.41) is 3.89. The highest BCUT2D eigenvalue weighted by atomic mass is 16.5. The van der Waals surface area contributed by atoms with Crippen molar-refractivity contribution in [2.45, 2.75) is 13.2 Å². The Hall–Kier alpha value is -6.40. The monoisotopic (exact) mass is 622 g/mol. The first-order chi connectivity index (χ1) is 23.7. The molecule has 0 amide bonds. The number of pyridine rings is 2. The first-order valence-corrected chi connectivity index (χ1v) is 15.8. The average molecular weight is 623 g/mol. The highest BCUT2D eigenvalue weighted by Gasteiger charge is 2.35. The molecule has 1 aliphatic carbocycles. The zero-order valence-electron chi connectivity index (χ0n) is 25.6. The zero-order chi connectivity index (χ0) is 32.2. The van der Waals surface area contributed by atoms with Gasteiger partial charge in [0.1, 0.15) is 24.7 Å². The summed E-state index contributed by atoms with van der Waals surface area (Å²) in [5.74, 6) is 0.152. The first kappa shape index (κ1) is 27.9. The number of ether oxygens (including phenoxy) is 2. The highest BCUT2D eigenvalue weighted by molar-refractivity contribution is 6.30. The summed E-state index contributed by atoms with van der Waals surface area (Å²) in [7, 11) is 0. The molecule has 1 aliphatic rings. The number of fused-ring (bicyclic) bond motifs is 6. The molecular weight excluding hydrogens is 596 g/mol. The quantitative estimate of drug-likeness (QED) is 0.172. The summed E-state index contributed by atoms with van der Waals surface area (Å²) in [6.07, 6.45) is 0. The molecule has 0 saturated carbocycles. The van der Waals surface area contributed by atoms with E-state index >= 15 is 0 Å². The Morgan fingerprint density at radius 3 is 1.12 bits per heavy atom. The Morgan fingerprint density at radius 1 is 0.396 bits per heavy atom. The number of hydrogen-bond donors (Lipinski definition) is 0. The fourth-order valence-corrected chi connectivity index (χ4v) is 6.89. The molecule has 6 aromatic carbocycles. The second-order valence-electron chi connectivity index (χ2n) is 11.8. The second-order valence-corrected chi connectivity index (χ2v) is 11.8. The standard InChI is InChI=1S/C42H26N2O4/c45-41-29-15-9-21-37(47-23-31-25-11-1-5-17-33(25)43-34-18-6-2-12-26(31)34)39(29)42(46)40-30(41)16-10-22-38(40)48-24-32-27-13-3-7-19-35(27)44-36-20-8-4-14-28(32)36/h1-22H,23-24H2. The fraction of sp³-hybridized carbons (Fsp3) is 0.0476. The molecule has 8 aromatic rings. The number of carbonyl (C=O) groups excluding carboxylic acids is 2. The predicted octanol–water partition coefficient (Wildman–Crippen LogP) is 9.02. The van der Waals surface area contributed by atoms with Gasteiger partial charge in [0.15, 0.2) is 5.78 Å². The maximum absolute atomic E-state index is 14.4. The van der Waals surface area contributed by atoms with E-state index in [-0.39, 0.29) is 35.9 Å². The van der Waals surface area contributed by atoms with Crippen molar-refractivity contribution in [3.05, 3.63) is 167 Å². The first-order valence-electron chi connectivity index (χ1n) is 15.8. The molecule has 6 heteroatoms. The number of rotatable bonds is 6. The van der Waals surface area contributed by atoms with Crippen LogP contribution in [0.3, 0.4) is 0 Å². The van der Waals surface area contributed by atoms with Gasteiger partial charge in [-0.1, -0.05) is 97.1 Å². The molecule has 2 aromatic heterocycles. The summed E-state index contributed by atoms with van der Waals surface area (Å²) >= 11 is 0. The van der Waals surface area contributed by atoms with Gasteiger partial charge in [0.2, 0.25) is 5.78 Å². The maximum atomic E-state index is 14.4. The molecule has 6 nitrogen and oxygen atoms in total. The van der Waals surface area contributed by atoms with Gasteiger partial charge < -0.3 is 9.47 Å². The lowest BCUT2D eigenvalue weighted by Gasteiger charge is -2.23. The minimum atomic E-state index is -0.306. The number of hydrogen-bond acceptors (Lipinski definition) is 6. The molecule has 0 bridgehead atoms. The lowest BCUT2D eigenvalue weighted by molar-refractivity contribution is 0.0971. The minimum absolute atomic E-state index is 0.189. The Balaban J connectivity index is 1.10. The fourth-order valence-electron chi connectivity index (χ4n) is 6.89. The van der Waals surface area contributed by atoms with Crippen LogP contribution in [-0.2, 0) is 13.2 Å². The van der Waals surface area contributed by atoms with E-state index in [9.17, 15) is 9.59 Å². The summed E-state index contributed by atoms with van der Waals surface area (Å²) in [4.78, 5) is 38.0. The summed E-state index contributed by atoms with van der Waals surface area (Å²) < 4.78 is 12.9. The van der Waals surface area contributed by atoms with Crippen molar-refractivity contribution >= 4 is 55.2 Å². The van der Waals surface area contributed by atoms with E-state index in [4.69, 9.17) is 19.4 Å². The SMILES string of the molecule is O=C1c2cccc(OCc3c4ccccc4nc4ccccc34)c2C(=O)c2c(OCc3c4ccccc4nc4ccccc34)cccc21. The van der Waals surface area contributed by atoms with Gasteiger partial charge in [-0.05, 0) is 36.4 Å². The van der Waals surface area contributed by atoms with Gasteiger partial charge in [-0.25, -0.2) is 9.97 Å². The number of nitrogens with zero attached hydrogens (tertiary/aromatic N) is 2. The molecule has 9 rings (SSSR count). The van der Waals surface area contributed by atoms with E-state index in [2.05, 4.69) is 0 Å². The normalized spacial score (nSPS) is 12.4. The molecule has 0 saturated heterocycles. The number of ketones is 2. The van der Waals surface area contributed by atoms with Gasteiger partial charge in [-0.15, -0.1) is 0 Å². The van der Waals surface area contributed by atoms with Gasteiger partial charge >= 0.3 is 0 Å². The molecule has 2 heterocycles. The molecule has 0 atom stereocenters. The molecular formula is C42H26N2O4. The molecule has 0 spiro atoms. The molecule has 48 heavy (non-hydrogen) atoms. The topological polar surface area (TPSA) is 78.4 Å². The molecule has 0 radical (unpaired) electrons. The Bertz CT molecular complexity index is 2340. The third-order valence-corrected chi connectivity index (χ3v) is 9.14. The third-order valence-electron chi connectivity index (χ3n) is 9.14. The summed E-state index contributed by atoms with van der Waals surface area (Å²) in [5.41, 5.74) is 6.50. The molecule has 0 fully saturated rings. The van der Waals surface area contributed by atoms with E-state index < -0.39 is 0 Å². The van der Waals surface area contributed by atoms with E-state index in [1.165, 1.54) is 0 Å². The molecule has 0 N–H and O–H groups in total. The molecule has 0 unspecified atom stereocenters. The van der Waals surface area contributed by atoms with Crippen LogP contribution in [0.25, 0.3) is 43.6 Å². The van der Waals surface area contributed by atoms with Crippen LogP contribution in [0.5, 0.6) is 11.5 Å². The van der Waals surface area contributed by atoms with Crippen LogP contribution in [0.2, 0.25) is 0 Å². The highest BCUT2D eigenvalue weighted by Crippen LogP contribution is 2.39. The van der Waals surface area contributed by atoms with E-state index in [0.717, 1.165) is 54.7 Å². The van der Waals surface area contributed by atoms with Gasteiger partial charge in [0.25, 0.3) is 0 Å². The van der Waals surface area contributed by atoms with Crippen molar-refractivity contribution in [3.8, 4) is 11.5 Å². The van der Waals surface area contributed by atoms with Gasteiger partial charge in [0.05, 0.1) is 33.2 Å². The van der Waals surface area contributed by atoms with Crippen LogP contribution < -0.4 is 9.47 Å². The Labute approximate surface area is 275 Å². The van der Waals surface area contributed by atoms with Gasteiger partial charge in [-0.2, -0.15) is 0 Å². The van der Waals surface area contributed by atoms with Crippen molar-refractivity contribution in [1.29, 1.82) is 0 Å². The lowest BCUT2D eigenvalue weighted by Crippen LogP contribution is -2.23. The van der Waals surface area contributed by atoms with Crippen molar-refractivity contribution in [2.24, 2.45) is 0 Å². The number of carbonyl (C=O) groups is 2. The Morgan fingerprint density at radius 2 is 0.750 bits per heavy atom. The van der Waals surface area contributed by atoms with Crippen molar-refractivity contribution in [3.63, 3.8) is 0 Å².